The zero-order valence-electron chi connectivity index (χ0n) is 48.8. The lowest BCUT2D eigenvalue weighted by atomic mass is 10.0. The summed E-state index contributed by atoms with van der Waals surface area (Å²) in [7, 11) is 5.94. The molecule has 9 heteroatoms. The van der Waals surface area contributed by atoms with Gasteiger partial charge in [-0.05, 0) is 12.8 Å². The van der Waals surface area contributed by atoms with Gasteiger partial charge in [0.1, 0.15) is 13.2 Å². The van der Waals surface area contributed by atoms with Crippen LogP contribution in [0.2, 0.25) is 0 Å². The summed E-state index contributed by atoms with van der Waals surface area (Å²) in [4.78, 5) is 37.3. The molecular weight excluding hydrogens is 899 g/mol. The van der Waals surface area contributed by atoms with Gasteiger partial charge >= 0.3 is 11.9 Å². The number of carboxylic acid groups (broad SMARTS) is 1. The van der Waals surface area contributed by atoms with Crippen molar-refractivity contribution in [1.82, 2.24) is 0 Å². The Bertz CT molecular complexity index is 1140. The van der Waals surface area contributed by atoms with Crippen molar-refractivity contribution in [1.29, 1.82) is 0 Å². The molecule has 0 fully saturated rings. The summed E-state index contributed by atoms with van der Waals surface area (Å²) in [5.41, 5.74) is 0. The van der Waals surface area contributed by atoms with Crippen LogP contribution in [0.1, 0.15) is 328 Å². The Labute approximate surface area is 447 Å². The SMILES string of the molecule is CCCCCCCCCCCCCCCCCCCCCCCCCCCCCCCCCCCC(=O)OC(COC(=O)CCCCCCCCCCCCCCCC)COC(OCC[N+](C)(C)C)C(=O)[O-]. The van der Waals surface area contributed by atoms with Crippen LogP contribution in [-0.2, 0) is 33.3 Å². The zero-order chi connectivity index (χ0) is 52.7. The summed E-state index contributed by atoms with van der Waals surface area (Å²) in [6, 6.07) is 0. The molecule has 0 saturated heterocycles. The minimum atomic E-state index is -1.61. The van der Waals surface area contributed by atoms with Crippen LogP contribution in [0.3, 0.4) is 0 Å². The van der Waals surface area contributed by atoms with Gasteiger partial charge in [0.2, 0.25) is 0 Å². The average molecular weight is 1020 g/mol. The lowest BCUT2D eigenvalue weighted by Gasteiger charge is -2.26. The predicted octanol–water partition coefficient (Wildman–Crippen LogP) is 17.4. The summed E-state index contributed by atoms with van der Waals surface area (Å²) < 4.78 is 22.7. The predicted molar refractivity (Wildman–Crippen MR) is 302 cm³/mol. The van der Waals surface area contributed by atoms with Crippen LogP contribution in [-0.4, -0.2) is 82.3 Å². The van der Waals surface area contributed by atoms with Crippen LogP contribution in [0.5, 0.6) is 0 Å². The van der Waals surface area contributed by atoms with Crippen molar-refractivity contribution in [3.63, 3.8) is 0 Å². The lowest BCUT2D eigenvalue weighted by molar-refractivity contribution is -0.870. The van der Waals surface area contributed by atoms with Crippen molar-refractivity contribution in [3.8, 4) is 0 Å². The van der Waals surface area contributed by atoms with Crippen molar-refractivity contribution in [2.45, 2.75) is 341 Å². The molecule has 0 N–H and O–H groups in total. The molecule has 428 valence electrons. The molecule has 0 heterocycles. The Morgan fingerprint density at radius 2 is 0.625 bits per heavy atom. The second-order valence-corrected chi connectivity index (χ2v) is 23.1. The van der Waals surface area contributed by atoms with Crippen molar-refractivity contribution < 1.29 is 42.9 Å². The molecule has 0 bridgehead atoms. The van der Waals surface area contributed by atoms with Crippen LogP contribution in [0.25, 0.3) is 0 Å². The molecule has 0 aliphatic heterocycles. The van der Waals surface area contributed by atoms with Gasteiger partial charge in [0.05, 0.1) is 40.3 Å². The van der Waals surface area contributed by atoms with E-state index in [9.17, 15) is 19.5 Å². The largest absolute Gasteiger partial charge is 0.545 e. The molecule has 0 aliphatic rings. The maximum Gasteiger partial charge on any atom is 0.306 e. The third-order valence-electron chi connectivity index (χ3n) is 14.6. The Balaban J connectivity index is 3.99. The molecule has 9 nitrogen and oxygen atoms in total. The number of hydrogen-bond acceptors (Lipinski definition) is 8. The Morgan fingerprint density at radius 1 is 0.361 bits per heavy atom. The number of nitrogens with zero attached hydrogens (tertiary/aromatic N) is 1. The van der Waals surface area contributed by atoms with Gasteiger partial charge in [-0.25, -0.2) is 0 Å². The summed E-state index contributed by atoms with van der Waals surface area (Å²) in [5.74, 6) is -2.25. The maximum atomic E-state index is 12.9. The first-order valence-electron chi connectivity index (χ1n) is 31.7. The fourth-order valence-electron chi connectivity index (χ4n) is 9.72. The van der Waals surface area contributed by atoms with E-state index in [0.29, 0.717) is 17.4 Å². The molecule has 0 aromatic heterocycles. The summed E-state index contributed by atoms with van der Waals surface area (Å²) in [6.07, 6.45) is 60.4. The third kappa shape index (κ3) is 56.0. The molecule has 0 rings (SSSR count). The highest BCUT2D eigenvalue weighted by Gasteiger charge is 2.22. The van der Waals surface area contributed by atoms with Crippen molar-refractivity contribution in [2.75, 3.05) is 47.5 Å². The lowest BCUT2D eigenvalue weighted by Crippen LogP contribution is -2.44. The molecule has 2 unspecified atom stereocenters. The van der Waals surface area contributed by atoms with E-state index in [-0.39, 0.29) is 32.2 Å². The highest BCUT2D eigenvalue weighted by atomic mass is 16.7. The summed E-state index contributed by atoms with van der Waals surface area (Å²) in [5, 5.41) is 11.8. The number of hydrogen-bond donors (Lipinski definition) is 0. The van der Waals surface area contributed by atoms with Crippen molar-refractivity contribution >= 4 is 17.9 Å². The monoisotopic (exact) mass is 1020 g/mol. The van der Waals surface area contributed by atoms with Crippen molar-refractivity contribution in [2.24, 2.45) is 0 Å². The fourth-order valence-corrected chi connectivity index (χ4v) is 9.72. The van der Waals surface area contributed by atoms with Crippen molar-refractivity contribution in [3.05, 3.63) is 0 Å². The molecule has 0 amide bonds. The highest BCUT2D eigenvalue weighted by molar-refractivity contribution is 5.70. The van der Waals surface area contributed by atoms with Gasteiger partial charge in [-0.1, -0.05) is 303 Å². The number of likely N-dealkylation sites (N-methyl/N-ethyl adjacent to an activating group) is 1. The number of esters is 2. The molecule has 0 radical (unpaired) electrons. The van der Waals surface area contributed by atoms with E-state index in [1.165, 1.54) is 263 Å². The fraction of sp³-hybridized carbons (Fsp3) is 0.952. The number of aliphatic carboxylic acids is 1. The van der Waals surface area contributed by atoms with Gasteiger partial charge < -0.3 is 33.3 Å². The van der Waals surface area contributed by atoms with Crippen LogP contribution in [0, 0.1) is 0 Å². The minimum absolute atomic E-state index is 0.153. The topological polar surface area (TPSA) is 111 Å². The van der Waals surface area contributed by atoms with E-state index in [2.05, 4.69) is 13.8 Å². The van der Waals surface area contributed by atoms with E-state index >= 15 is 0 Å². The third-order valence-corrected chi connectivity index (χ3v) is 14.6. The molecule has 0 aromatic rings. The first-order chi connectivity index (χ1) is 35.1. The Kier molecular flexibility index (Phi) is 54.2. The second-order valence-electron chi connectivity index (χ2n) is 23.1. The number of carbonyl (C=O) groups excluding carboxylic acids is 3. The summed E-state index contributed by atoms with van der Waals surface area (Å²) >= 11 is 0. The normalized spacial score (nSPS) is 12.6. The molecule has 72 heavy (non-hydrogen) atoms. The maximum absolute atomic E-state index is 12.9. The molecule has 0 aliphatic carbocycles. The van der Waals surface area contributed by atoms with E-state index in [0.717, 1.165) is 38.5 Å². The van der Waals surface area contributed by atoms with Gasteiger partial charge in [-0.3, -0.25) is 9.59 Å². The number of unbranched alkanes of at least 4 members (excludes halogenated alkanes) is 45. The first kappa shape index (κ1) is 70.3. The quantitative estimate of drug-likeness (QED) is 0.0256. The number of carboxylic acids is 1. The average Bonchev–Trinajstić information content (AvgIpc) is 3.35. The smallest absolute Gasteiger partial charge is 0.306 e. The van der Waals surface area contributed by atoms with Crippen LogP contribution in [0.15, 0.2) is 0 Å². The van der Waals surface area contributed by atoms with Crippen LogP contribution in [0.4, 0.5) is 0 Å². The Morgan fingerprint density at radius 3 is 0.889 bits per heavy atom. The van der Waals surface area contributed by atoms with Crippen LogP contribution >= 0.6 is 0 Å². The molecule has 0 spiro atoms. The molecule has 0 aromatic carbocycles. The van der Waals surface area contributed by atoms with Gasteiger partial charge in [-0.2, -0.15) is 0 Å². The van der Waals surface area contributed by atoms with E-state index in [1.54, 1.807) is 0 Å². The Hall–Kier alpha value is -1.71. The van der Waals surface area contributed by atoms with Gasteiger partial charge in [0.15, 0.2) is 12.4 Å². The molecule has 0 saturated carbocycles. The van der Waals surface area contributed by atoms with Gasteiger partial charge in [0.25, 0.3) is 0 Å². The first-order valence-corrected chi connectivity index (χ1v) is 31.7. The molecular formula is C63H123NO8. The highest BCUT2D eigenvalue weighted by Crippen LogP contribution is 2.19. The van der Waals surface area contributed by atoms with Gasteiger partial charge in [-0.15, -0.1) is 0 Å². The van der Waals surface area contributed by atoms with Crippen LogP contribution < -0.4 is 5.11 Å². The second kappa shape index (κ2) is 55.5. The zero-order valence-corrected chi connectivity index (χ0v) is 48.8. The van der Waals surface area contributed by atoms with E-state index in [1.807, 2.05) is 21.1 Å². The van der Waals surface area contributed by atoms with E-state index < -0.39 is 24.3 Å². The number of ether oxygens (including phenoxy) is 4. The number of quaternary nitrogens is 1. The van der Waals surface area contributed by atoms with Gasteiger partial charge in [0, 0.05) is 12.8 Å². The number of rotatable bonds is 60. The van der Waals surface area contributed by atoms with E-state index in [4.69, 9.17) is 18.9 Å². The molecule has 2 atom stereocenters. The standard InChI is InChI=1S/C63H123NO8/c1-6-8-10-12-14-16-18-20-22-23-24-25-26-27-28-29-30-31-32-33-34-35-36-37-38-39-40-42-44-46-48-50-52-54-61(66)72-59(58-71-63(62(67)68)69-56-55-64(3,4)5)57-70-60(65)53-51-49-47-45-43-41-21-19-17-15-13-11-9-7-2/h59,63H,6-58H2,1-5H3. The summed E-state index contributed by atoms with van der Waals surface area (Å²) in [6.45, 7) is 4.81. The minimum Gasteiger partial charge on any atom is -0.545 e. The number of carbonyl (C=O) groups is 3.